The molecule has 0 unspecified atom stereocenters. The van der Waals surface area contributed by atoms with Crippen LogP contribution >= 0.6 is 0 Å². The van der Waals surface area contributed by atoms with Crippen LogP contribution in [0.2, 0.25) is 0 Å². The minimum atomic E-state index is -0.118. The van der Waals surface area contributed by atoms with E-state index in [0.717, 1.165) is 24.8 Å². The van der Waals surface area contributed by atoms with Crippen molar-refractivity contribution in [3.63, 3.8) is 0 Å². The number of hydrogen-bond acceptors (Lipinski definition) is 0. The fourth-order valence-corrected chi connectivity index (χ4v) is 2.20. The van der Waals surface area contributed by atoms with Crippen molar-refractivity contribution < 1.29 is 4.39 Å². The molecular weight excluding hydrogens is 175 g/mol. The van der Waals surface area contributed by atoms with Gasteiger partial charge in [-0.1, -0.05) is 25.0 Å². The highest BCUT2D eigenvalue weighted by atomic mass is 19.1. The first-order chi connectivity index (χ1) is 6.72. The molecule has 0 spiro atoms. The highest BCUT2D eigenvalue weighted by Crippen LogP contribution is 2.35. The van der Waals surface area contributed by atoms with Crippen molar-refractivity contribution in [3.05, 3.63) is 40.7 Å². The summed E-state index contributed by atoms with van der Waals surface area (Å²) in [5.74, 6) is -0.118. The van der Waals surface area contributed by atoms with Gasteiger partial charge < -0.3 is 0 Å². The van der Waals surface area contributed by atoms with Crippen molar-refractivity contribution >= 4 is 5.57 Å². The Bertz CT molecular complexity index is 388. The van der Waals surface area contributed by atoms with Gasteiger partial charge in [0.15, 0.2) is 0 Å². The van der Waals surface area contributed by atoms with Gasteiger partial charge in [-0.15, -0.1) is 0 Å². The van der Waals surface area contributed by atoms with Crippen LogP contribution in [0.25, 0.3) is 5.57 Å². The van der Waals surface area contributed by atoms with Crippen LogP contribution in [-0.2, 0) is 6.42 Å². The van der Waals surface area contributed by atoms with Crippen molar-refractivity contribution in [1.82, 2.24) is 0 Å². The second-order valence-electron chi connectivity index (χ2n) is 3.99. The molecule has 0 nitrogen and oxygen atoms in total. The number of allylic oxidation sites excluding steroid dienone is 2. The van der Waals surface area contributed by atoms with Crippen LogP contribution in [-0.4, -0.2) is 0 Å². The molecule has 0 amide bonds. The van der Waals surface area contributed by atoms with E-state index < -0.39 is 0 Å². The SMILES string of the molecule is CCCC1=C(C)Cc2ccc(F)cc21. The average molecular weight is 190 g/mol. The summed E-state index contributed by atoms with van der Waals surface area (Å²) in [6, 6.07) is 5.15. The molecule has 1 aromatic carbocycles. The molecule has 1 aromatic rings. The zero-order valence-corrected chi connectivity index (χ0v) is 8.73. The summed E-state index contributed by atoms with van der Waals surface area (Å²) < 4.78 is 13.1. The van der Waals surface area contributed by atoms with Crippen LogP contribution in [0.3, 0.4) is 0 Å². The standard InChI is InChI=1S/C13H15F/c1-3-4-12-9(2)7-10-5-6-11(14)8-13(10)12/h5-6,8H,3-4,7H2,1-2H3. The second-order valence-corrected chi connectivity index (χ2v) is 3.99. The van der Waals surface area contributed by atoms with E-state index >= 15 is 0 Å². The van der Waals surface area contributed by atoms with Gasteiger partial charge in [-0.25, -0.2) is 4.39 Å². The minimum Gasteiger partial charge on any atom is -0.207 e. The molecule has 0 bridgehead atoms. The number of rotatable bonds is 2. The van der Waals surface area contributed by atoms with Crippen LogP contribution < -0.4 is 0 Å². The summed E-state index contributed by atoms with van der Waals surface area (Å²) in [5, 5.41) is 0. The molecule has 0 atom stereocenters. The summed E-state index contributed by atoms with van der Waals surface area (Å²) in [4.78, 5) is 0. The number of benzene rings is 1. The lowest BCUT2D eigenvalue weighted by molar-refractivity contribution is 0.627. The first-order valence-corrected chi connectivity index (χ1v) is 5.19. The van der Waals surface area contributed by atoms with E-state index in [1.165, 1.54) is 16.7 Å². The van der Waals surface area contributed by atoms with Crippen LogP contribution in [0.1, 0.15) is 37.8 Å². The molecule has 0 aliphatic heterocycles. The number of fused-ring (bicyclic) bond motifs is 1. The van der Waals surface area contributed by atoms with Crippen LogP contribution in [0.4, 0.5) is 4.39 Å². The fraction of sp³-hybridized carbons (Fsp3) is 0.385. The molecule has 1 aliphatic carbocycles. The van der Waals surface area contributed by atoms with Crippen LogP contribution in [0, 0.1) is 5.82 Å². The van der Waals surface area contributed by atoms with Gasteiger partial charge in [0.2, 0.25) is 0 Å². The Kier molecular flexibility index (Phi) is 2.40. The Morgan fingerprint density at radius 2 is 2.14 bits per heavy atom. The lowest BCUT2D eigenvalue weighted by atomic mass is 10.0. The third-order valence-corrected chi connectivity index (χ3v) is 2.87. The smallest absolute Gasteiger partial charge is 0.123 e. The molecule has 0 saturated carbocycles. The van der Waals surface area contributed by atoms with E-state index in [4.69, 9.17) is 0 Å². The fourth-order valence-electron chi connectivity index (χ4n) is 2.20. The molecule has 1 heteroatoms. The van der Waals surface area contributed by atoms with E-state index in [-0.39, 0.29) is 5.82 Å². The molecule has 0 radical (unpaired) electrons. The Morgan fingerprint density at radius 1 is 1.36 bits per heavy atom. The molecule has 0 heterocycles. The van der Waals surface area contributed by atoms with E-state index in [1.54, 1.807) is 12.1 Å². The van der Waals surface area contributed by atoms with E-state index in [9.17, 15) is 4.39 Å². The summed E-state index contributed by atoms with van der Waals surface area (Å²) in [7, 11) is 0. The highest BCUT2D eigenvalue weighted by Gasteiger charge is 2.18. The summed E-state index contributed by atoms with van der Waals surface area (Å²) in [6.07, 6.45) is 3.20. The number of halogens is 1. The van der Waals surface area contributed by atoms with E-state index in [0.29, 0.717) is 0 Å². The average Bonchev–Trinajstić information content (AvgIpc) is 2.45. The van der Waals surface area contributed by atoms with Crippen molar-refractivity contribution in [2.75, 3.05) is 0 Å². The van der Waals surface area contributed by atoms with E-state index in [1.807, 2.05) is 6.07 Å². The van der Waals surface area contributed by atoms with Gasteiger partial charge in [0.05, 0.1) is 0 Å². The summed E-state index contributed by atoms with van der Waals surface area (Å²) in [5.41, 5.74) is 5.20. The second kappa shape index (κ2) is 3.56. The highest BCUT2D eigenvalue weighted by molar-refractivity contribution is 5.75. The van der Waals surface area contributed by atoms with Gasteiger partial charge in [-0.3, -0.25) is 0 Å². The Labute approximate surface area is 84.5 Å². The first-order valence-electron chi connectivity index (χ1n) is 5.19. The van der Waals surface area contributed by atoms with Gasteiger partial charge in [0, 0.05) is 0 Å². The predicted molar refractivity (Wildman–Crippen MR) is 57.6 cm³/mol. The molecule has 74 valence electrons. The summed E-state index contributed by atoms with van der Waals surface area (Å²) >= 11 is 0. The maximum Gasteiger partial charge on any atom is 0.123 e. The topological polar surface area (TPSA) is 0 Å². The first kappa shape index (κ1) is 9.45. The molecule has 0 aromatic heterocycles. The Morgan fingerprint density at radius 3 is 2.86 bits per heavy atom. The van der Waals surface area contributed by atoms with Gasteiger partial charge in [0.25, 0.3) is 0 Å². The normalized spacial score (nSPS) is 14.8. The quantitative estimate of drug-likeness (QED) is 0.662. The van der Waals surface area contributed by atoms with Gasteiger partial charge in [0.1, 0.15) is 5.82 Å². The van der Waals surface area contributed by atoms with Crippen molar-refractivity contribution in [2.24, 2.45) is 0 Å². The van der Waals surface area contributed by atoms with Crippen molar-refractivity contribution in [1.29, 1.82) is 0 Å². The monoisotopic (exact) mass is 190 g/mol. The van der Waals surface area contributed by atoms with E-state index in [2.05, 4.69) is 13.8 Å². The molecule has 14 heavy (non-hydrogen) atoms. The largest absolute Gasteiger partial charge is 0.207 e. The maximum atomic E-state index is 13.1. The van der Waals surface area contributed by atoms with Crippen molar-refractivity contribution in [3.8, 4) is 0 Å². The zero-order chi connectivity index (χ0) is 10.1. The Hall–Kier alpha value is -1.11. The molecule has 0 saturated heterocycles. The Balaban J connectivity index is 2.45. The predicted octanol–water partition coefficient (Wildman–Crippen LogP) is 3.96. The number of hydrogen-bond donors (Lipinski definition) is 0. The third kappa shape index (κ3) is 1.47. The molecular formula is C13H15F. The van der Waals surface area contributed by atoms with Gasteiger partial charge in [-0.2, -0.15) is 0 Å². The zero-order valence-electron chi connectivity index (χ0n) is 8.73. The molecule has 0 fully saturated rings. The van der Waals surface area contributed by atoms with Crippen LogP contribution in [0.15, 0.2) is 23.8 Å². The van der Waals surface area contributed by atoms with Gasteiger partial charge in [-0.05, 0) is 48.6 Å². The molecule has 1 aliphatic rings. The lowest BCUT2D eigenvalue weighted by Crippen LogP contribution is -1.86. The molecule has 2 rings (SSSR count). The van der Waals surface area contributed by atoms with Crippen LogP contribution in [0.5, 0.6) is 0 Å². The minimum absolute atomic E-state index is 0.118. The maximum absolute atomic E-state index is 13.1. The third-order valence-electron chi connectivity index (χ3n) is 2.87. The summed E-state index contributed by atoms with van der Waals surface area (Å²) in [6.45, 7) is 4.32. The van der Waals surface area contributed by atoms with Gasteiger partial charge >= 0.3 is 0 Å². The van der Waals surface area contributed by atoms with Crippen molar-refractivity contribution in [2.45, 2.75) is 33.1 Å². The lowest BCUT2D eigenvalue weighted by Gasteiger charge is -2.04. The molecule has 0 N–H and O–H groups in total.